The van der Waals surface area contributed by atoms with Crippen LogP contribution in [0.3, 0.4) is 0 Å². The molecule has 0 bridgehead atoms. The summed E-state index contributed by atoms with van der Waals surface area (Å²) in [6.45, 7) is 4.31. The first-order valence-corrected chi connectivity index (χ1v) is 28.5. The molecule has 0 spiro atoms. The summed E-state index contributed by atoms with van der Waals surface area (Å²) < 4.78 is 16.7. The standard InChI is InChI=1S/C56H107NO10/c1-3-5-7-9-11-13-23-28-32-36-40-44-52(61)65-45-41-37-33-29-25-22-20-18-16-14-15-17-19-21-24-27-31-35-39-43-51(60)57-48(49(59)42-38-34-30-26-12-10-8-6-4-2)47-66-56-55(64)54(63)53(62)50(46-58)67-56/h38,42,48-50,53-56,58-59,62-64H,3-37,39-41,43-47H2,1-2H3,(H,57,60)/b42-38+. The van der Waals surface area contributed by atoms with Crippen molar-refractivity contribution < 1.29 is 49.3 Å². The van der Waals surface area contributed by atoms with Crippen LogP contribution in [0.5, 0.6) is 0 Å². The molecule has 7 atom stereocenters. The topological polar surface area (TPSA) is 175 Å². The molecule has 6 N–H and O–H groups in total. The van der Waals surface area contributed by atoms with Gasteiger partial charge in [-0.3, -0.25) is 9.59 Å². The van der Waals surface area contributed by atoms with E-state index in [1.54, 1.807) is 6.08 Å². The van der Waals surface area contributed by atoms with Crippen molar-refractivity contribution in [2.75, 3.05) is 19.8 Å². The van der Waals surface area contributed by atoms with Crippen LogP contribution >= 0.6 is 0 Å². The maximum atomic E-state index is 13.0. The number of carbonyl (C=O) groups is 2. The summed E-state index contributed by atoms with van der Waals surface area (Å²) in [5, 5.41) is 54.1. The number of hydrogen-bond acceptors (Lipinski definition) is 10. The summed E-state index contributed by atoms with van der Waals surface area (Å²) in [6, 6.07) is -0.809. The zero-order valence-electron chi connectivity index (χ0n) is 43.4. The van der Waals surface area contributed by atoms with Crippen LogP contribution in [-0.2, 0) is 23.8 Å². The molecule has 1 aliphatic rings. The molecule has 1 aliphatic heterocycles. The van der Waals surface area contributed by atoms with E-state index in [9.17, 15) is 35.1 Å². The lowest BCUT2D eigenvalue weighted by molar-refractivity contribution is -0.302. The molecular formula is C56H107NO10. The van der Waals surface area contributed by atoms with Crippen LogP contribution in [-0.4, -0.2) is 100 Å². The van der Waals surface area contributed by atoms with Crippen molar-refractivity contribution in [2.45, 2.75) is 314 Å². The van der Waals surface area contributed by atoms with Crippen LogP contribution in [0.1, 0.15) is 271 Å². The van der Waals surface area contributed by atoms with E-state index >= 15 is 0 Å². The lowest BCUT2D eigenvalue weighted by atomic mass is 9.99. The molecule has 11 nitrogen and oxygen atoms in total. The molecule has 0 aromatic heterocycles. The number of allylic oxidation sites excluding steroid dienone is 1. The van der Waals surface area contributed by atoms with Crippen molar-refractivity contribution in [1.82, 2.24) is 5.32 Å². The van der Waals surface area contributed by atoms with Gasteiger partial charge >= 0.3 is 5.97 Å². The van der Waals surface area contributed by atoms with Gasteiger partial charge in [-0.05, 0) is 32.1 Å². The van der Waals surface area contributed by atoms with Gasteiger partial charge in [-0.25, -0.2) is 0 Å². The second-order valence-electron chi connectivity index (χ2n) is 20.0. The summed E-state index contributed by atoms with van der Waals surface area (Å²) >= 11 is 0. The Morgan fingerprint density at radius 2 is 0.940 bits per heavy atom. The number of aliphatic hydroxyl groups excluding tert-OH is 5. The van der Waals surface area contributed by atoms with Gasteiger partial charge in [0.15, 0.2) is 6.29 Å². The van der Waals surface area contributed by atoms with Gasteiger partial charge in [0.05, 0.1) is 32.0 Å². The molecule has 0 aromatic rings. The molecule has 0 aromatic carbocycles. The van der Waals surface area contributed by atoms with Crippen molar-refractivity contribution >= 4 is 11.9 Å². The molecule has 7 unspecified atom stereocenters. The molecule has 1 rings (SSSR count). The molecule has 0 saturated carbocycles. The minimum absolute atomic E-state index is 0.00601. The first-order chi connectivity index (χ1) is 32.7. The van der Waals surface area contributed by atoms with E-state index in [4.69, 9.17) is 14.2 Å². The van der Waals surface area contributed by atoms with Crippen molar-refractivity contribution in [3.05, 3.63) is 12.2 Å². The Kier molecular flexibility index (Phi) is 44.3. The van der Waals surface area contributed by atoms with Crippen molar-refractivity contribution in [1.29, 1.82) is 0 Å². The third-order valence-electron chi connectivity index (χ3n) is 13.7. The summed E-state index contributed by atoms with van der Waals surface area (Å²) in [5.41, 5.74) is 0. The fraction of sp³-hybridized carbons (Fsp3) is 0.929. The van der Waals surface area contributed by atoms with E-state index < -0.39 is 49.5 Å². The van der Waals surface area contributed by atoms with E-state index in [1.165, 1.54) is 180 Å². The third kappa shape index (κ3) is 36.9. The number of rotatable bonds is 49. The highest BCUT2D eigenvalue weighted by Crippen LogP contribution is 2.23. The van der Waals surface area contributed by atoms with Crippen LogP contribution in [0.4, 0.5) is 0 Å². The Morgan fingerprint density at radius 1 is 0.537 bits per heavy atom. The van der Waals surface area contributed by atoms with E-state index in [-0.39, 0.29) is 18.5 Å². The van der Waals surface area contributed by atoms with E-state index in [0.717, 1.165) is 64.2 Å². The lowest BCUT2D eigenvalue weighted by Crippen LogP contribution is -2.60. The molecule has 67 heavy (non-hydrogen) atoms. The molecule has 1 amide bonds. The van der Waals surface area contributed by atoms with Crippen LogP contribution in [0.2, 0.25) is 0 Å². The van der Waals surface area contributed by atoms with Crippen LogP contribution < -0.4 is 5.32 Å². The number of aliphatic hydroxyl groups is 5. The highest BCUT2D eigenvalue weighted by Gasteiger charge is 2.44. The number of carbonyl (C=O) groups excluding carboxylic acids is 2. The number of esters is 1. The number of hydrogen-bond donors (Lipinski definition) is 6. The molecule has 0 radical (unpaired) electrons. The summed E-state index contributed by atoms with van der Waals surface area (Å²) in [5.74, 6) is -0.192. The van der Waals surface area contributed by atoms with E-state index in [2.05, 4.69) is 19.2 Å². The number of amides is 1. The number of ether oxygens (including phenoxy) is 3. The predicted molar refractivity (Wildman–Crippen MR) is 274 cm³/mol. The van der Waals surface area contributed by atoms with Crippen LogP contribution in [0.25, 0.3) is 0 Å². The normalized spacial score (nSPS) is 19.5. The number of unbranched alkanes of at least 4 members (excludes halogenated alkanes) is 35. The Balaban J connectivity index is 2.04. The maximum absolute atomic E-state index is 13.0. The molecular weight excluding hydrogens is 847 g/mol. The second-order valence-corrected chi connectivity index (χ2v) is 20.0. The minimum Gasteiger partial charge on any atom is -0.466 e. The zero-order chi connectivity index (χ0) is 48.8. The van der Waals surface area contributed by atoms with Crippen molar-refractivity contribution in [3.63, 3.8) is 0 Å². The molecule has 1 saturated heterocycles. The smallest absolute Gasteiger partial charge is 0.305 e. The zero-order valence-corrected chi connectivity index (χ0v) is 43.4. The average molecular weight is 954 g/mol. The van der Waals surface area contributed by atoms with Crippen molar-refractivity contribution in [3.8, 4) is 0 Å². The number of nitrogens with one attached hydrogen (secondary N) is 1. The molecule has 396 valence electrons. The molecule has 1 fully saturated rings. The van der Waals surface area contributed by atoms with Gasteiger partial charge in [-0.2, -0.15) is 0 Å². The van der Waals surface area contributed by atoms with Crippen LogP contribution in [0, 0.1) is 0 Å². The SMILES string of the molecule is CCCCCCCCC/C=C/C(O)C(COC1OC(CO)C(O)C(O)C1O)NC(=O)CCCCCCCCCCCCCCCCCCCCCOC(=O)CCCCCCCCCCCCC. The van der Waals surface area contributed by atoms with E-state index in [1.807, 2.05) is 6.08 Å². The first-order valence-electron chi connectivity index (χ1n) is 28.5. The van der Waals surface area contributed by atoms with Gasteiger partial charge in [0.2, 0.25) is 5.91 Å². The third-order valence-corrected chi connectivity index (χ3v) is 13.7. The van der Waals surface area contributed by atoms with Crippen LogP contribution in [0.15, 0.2) is 12.2 Å². The fourth-order valence-corrected chi connectivity index (χ4v) is 9.08. The molecule has 1 heterocycles. The quantitative estimate of drug-likeness (QED) is 0.0196. The van der Waals surface area contributed by atoms with Gasteiger partial charge in [0, 0.05) is 12.8 Å². The largest absolute Gasteiger partial charge is 0.466 e. The Labute approximate surface area is 410 Å². The van der Waals surface area contributed by atoms with Gasteiger partial charge in [0.25, 0.3) is 0 Å². The second kappa shape index (κ2) is 46.8. The predicted octanol–water partition coefficient (Wildman–Crippen LogP) is 12.4. The van der Waals surface area contributed by atoms with E-state index in [0.29, 0.717) is 19.4 Å². The Bertz CT molecular complexity index is 1120. The molecule has 11 heteroatoms. The average Bonchev–Trinajstić information content (AvgIpc) is 3.32. The highest BCUT2D eigenvalue weighted by atomic mass is 16.7. The van der Waals surface area contributed by atoms with Gasteiger partial charge in [0.1, 0.15) is 24.4 Å². The Hall–Kier alpha value is -1.60. The monoisotopic (exact) mass is 954 g/mol. The Morgan fingerprint density at radius 3 is 1.39 bits per heavy atom. The summed E-state index contributed by atoms with van der Waals surface area (Å²) in [7, 11) is 0. The summed E-state index contributed by atoms with van der Waals surface area (Å²) in [4.78, 5) is 25.0. The minimum atomic E-state index is -1.57. The maximum Gasteiger partial charge on any atom is 0.305 e. The van der Waals surface area contributed by atoms with Gasteiger partial charge < -0.3 is 45.1 Å². The molecule has 0 aliphatic carbocycles. The van der Waals surface area contributed by atoms with Crippen molar-refractivity contribution in [2.24, 2.45) is 0 Å². The first kappa shape index (κ1) is 63.4. The highest BCUT2D eigenvalue weighted by molar-refractivity contribution is 5.76. The lowest BCUT2D eigenvalue weighted by Gasteiger charge is -2.40. The van der Waals surface area contributed by atoms with Gasteiger partial charge in [-0.1, -0.05) is 238 Å². The fourth-order valence-electron chi connectivity index (χ4n) is 9.08. The van der Waals surface area contributed by atoms with Gasteiger partial charge in [-0.15, -0.1) is 0 Å². The summed E-state index contributed by atoms with van der Waals surface area (Å²) in [6.07, 6.45) is 43.1.